The van der Waals surface area contributed by atoms with E-state index in [4.69, 9.17) is 9.26 Å². The molecule has 1 N–H and O–H groups in total. The van der Waals surface area contributed by atoms with E-state index in [0.717, 1.165) is 57.3 Å². The number of piperidine rings is 1. The van der Waals surface area contributed by atoms with Crippen LogP contribution in [0.1, 0.15) is 43.3 Å². The molecule has 0 saturated carbocycles. The Morgan fingerprint density at radius 2 is 1.89 bits per heavy atom. The molecule has 5 nitrogen and oxygen atoms in total. The zero-order valence-electron chi connectivity index (χ0n) is 10.7. The summed E-state index contributed by atoms with van der Waals surface area (Å²) in [5.41, 5.74) is 0. The van der Waals surface area contributed by atoms with Crippen LogP contribution in [0.3, 0.4) is 0 Å². The summed E-state index contributed by atoms with van der Waals surface area (Å²) in [7, 11) is 0. The van der Waals surface area contributed by atoms with E-state index in [1.165, 1.54) is 12.8 Å². The van der Waals surface area contributed by atoms with Crippen LogP contribution in [0.5, 0.6) is 0 Å². The number of nitrogens with one attached hydrogen (secondary N) is 1. The molecule has 18 heavy (non-hydrogen) atoms. The molecule has 2 aliphatic rings. The van der Waals surface area contributed by atoms with Gasteiger partial charge in [-0.25, -0.2) is 0 Å². The van der Waals surface area contributed by atoms with Gasteiger partial charge in [-0.3, -0.25) is 0 Å². The van der Waals surface area contributed by atoms with Crippen molar-refractivity contribution in [2.24, 2.45) is 5.92 Å². The van der Waals surface area contributed by atoms with Crippen molar-refractivity contribution in [3.05, 3.63) is 11.7 Å². The summed E-state index contributed by atoms with van der Waals surface area (Å²) in [6, 6.07) is 0. The van der Waals surface area contributed by atoms with E-state index in [2.05, 4.69) is 15.5 Å². The molecule has 1 aromatic heterocycles. The standard InChI is InChI=1S/C13H21N3O2/c1-5-14-6-2-10(1)9-12-15-13(16-18-12)11-3-7-17-8-4-11/h10-11,14H,1-9H2. The first-order valence-electron chi connectivity index (χ1n) is 7.03. The molecule has 0 aliphatic carbocycles. The lowest BCUT2D eigenvalue weighted by molar-refractivity contribution is 0.0830. The Hall–Kier alpha value is -0.940. The monoisotopic (exact) mass is 251 g/mol. The van der Waals surface area contributed by atoms with Crippen molar-refractivity contribution in [2.45, 2.75) is 38.0 Å². The Labute approximate surface area is 107 Å². The summed E-state index contributed by atoms with van der Waals surface area (Å²) in [5, 5.41) is 7.52. The van der Waals surface area contributed by atoms with Crippen LogP contribution in [-0.2, 0) is 11.2 Å². The second kappa shape index (κ2) is 5.80. The van der Waals surface area contributed by atoms with Crippen molar-refractivity contribution < 1.29 is 9.26 Å². The van der Waals surface area contributed by atoms with Crippen LogP contribution in [-0.4, -0.2) is 36.4 Å². The summed E-state index contributed by atoms with van der Waals surface area (Å²) in [6.45, 7) is 3.88. The maximum atomic E-state index is 5.40. The largest absolute Gasteiger partial charge is 0.381 e. The third-order valence-electron chi connectivity index (χ3n) is 3.99. The average Bonchev–Trinajstić information content (AvgIpc) is 2.89. The predicted molar refractivity (Wildman–Crippen MR) is 66.4 cm³/mol. The number of aromatic nitrogens is 2. The molecule has 0 atom stereocenters. The highest BCUT2D eigenvalue weighted by Crippen LogP contribution is 2.25. The van der Waals surface area contributed by atoms with Gasteiger partial charge in [-0.05, 0) is 44.7 Å². The van der Waals surface area contributed by atoms with Crippen molar-refractivity contribution in [3.63, 3.8) is 0 Å². The molecule has 3 heterocycles. The molecular formula is C13H21N3O2. The minimum Gasteiger partial charge on any atom is -0.381 e. The summed E-state index contributed by atoms with van der Waals surface area (Å²) < 4.78 is 10.8. The minimum atomic E-state index is 0.435. The molecule has 0 aromatic carbocycles. The second-order valence-electron chi connectivity index (χ2n) is 5.33. The Kier molecular flexibility index (Phi) is 3.90. The van der Waals surface area contributed by atoms with Gasteiger partial charge in [0.2, 0.25) is 5.89 Å². The Morgan fingerprint density at radius 1 is 1.11 bits per heavy atom. The summed E-state index contributed by atoms with van der Waals surface area (Å²) in [4.78, 5) is 4.57. The molecule has 2 fully saturated rings. The third-order valence-corrected chi connectivity index (χ3v) is 3.99. The quantitative estimate of drug-likeness (QED) is 0.882. The normalized spacial score (nSPS) is 23.3. The fourth-order valence-electron chi connectivity index (χ4n) is 2.81. The molecule has 0 spiro atoms. The van der Waals surface area contributed by atoms with Crippen LogP contribution in [0.4, 0.5) is 0 Å². The lowest BCUT2D eigenvalue weighted by Crippen LogP contribution is -2.28. The molecule has 0 amide bonds. The number of rotatable bonds is 3. The van der Waals surface area contributed by atoms with Gasteiger partial charge >= 0.3 is 0 Å². The fourth-order valence-corrected chi connectivity index (χ4v) is 2.81. The highest BCUT2D eigenvalue weighted by atomic mass is 16.5. The van der Waals surface area contributed by atoms with Crippen LogP contribution in [0.15, 0.2) is 4.52 Å². The second-order valence-corrected chi connectivity index (χ2v) is 5.33. The van der Waals surface area contributed by atoms with Gasteiger partial charge < -0.3 is 14.6 Å². The summed E-state index contributed by atoms with van der Waals surface area (Å²) in [6.07, 6.45) is 5.42. The van der Waals surface area contributed by atoms with E-state index in [1.54, 1.807) is 0 Å². The van der Waals surface area contributed by atoms with E-state index in [9.17, 15) is 0 Å². The van der Waals surface area contributed by atoms with E-state index < -0.39 is 0 Å². The first kappa shape index (κ1) is 12.1. The summed E-state index contributed by atoms with van der Waals surface area (Å²) >= 11 is 0. The Balaban J connectivity index is 1.58. The van der Waals surface area contributed by atoms with Gasteiger partial charge in [-0.1, -0.05) is 5.16 Å². The van der Waals surface area contributed by atoms with Gasteiger partial charge in [0.05, 0.1) is 0 Å². The van der Waals surface area contributed by atoms with Crippen molar-refractivity contribution in [1.29, 1.82) is 0 Å². The molecule has 2 saturated heterocycles. The van der Waals surface area contributed by atoms with Gasteiger partial charge in [-0.2, -0.15) is 4.98 Å². The Morgan fingerprint density at radius 3 is 2.67 bits per heavy atom. The smallest absolute Gasteiger partial charge is 0.226 e. The maximum Gasteiger partial charge on any atom is 0.226 e. The minimum absolute atomic E-state index is 0.435. The van der Waals surface area contributed by atoms with Crippen LogP contribution >= 0.6 is 0 Å². The topological polar surface area (TPSA) is 60.2 Å². The lowest BCUT2D eigenvalue weighted by atomic mass is 9.94. The van der Waals surface area contributed by atoms with E-state index >= 15 is 0 Å². The van der Waals surface area contributed by atoms with Crippen LogP contribution in [0.2, 0.25) is 0 Å². The van der Waals surface area contributed by atoms with E-state index in [1.807, 2.05) is 0 Å². The van der Waals surface area contributed by atoms with Crippen LogP contribution < -0.4 is 5.32 Å². The number of nitrogens with zero attached hydrogens (tertiary/aromatic N) is 2. The summed E-state index contributed by atoms with van der Waals surface area (Å²) in [5.74, 6) is 2.85. The van der Waals surface area contributed by atoms with Gasteiger partial charge in [0.1, 0.15) is 0 Å². The highest BCUT2D eigenvalue weighted by Gasteiger charge is 2.23. The predicted octanol–water partition coefficient (Wildman–Crippen LogP) is 1.51. The van der Waals surface area contributed by atoms with E-state index in [-0.39, 0.29) is 0 Å². The average molecular weight is 251 g/mol. The number of hydrogen-bond donors (Lipinski definition) is 1. The van der Waals surface area contributed by atoms with Gasteiger partial charge in [-0.15, -0.1) is 0 Å². The number of ether oxygens (including phenoxy) is 1. The molecular weight excluding hydrogens is 230 g/mol. The Bertz CT molecular complexity index is 368. The van der Waals surface area contributed by atoms with E-state index in [0.29, 0.717) is 11.8 Å². The van der Waals surface area contributed by atoms with Crippen LogP contribution in [0, 0.1) is 5.92 Å². The molecule has 0 radical (unpaired) electrons. The zero-order valence-corrected chi connectivity index (χ0v) is 10.7. The first-order valence-corrected chi connectivity index (χ1v) is 7.03. The highest BCUT2D eigenvalue weighted by molar-refractivity contribution is 4.97. The van der Waals surface area contributed by atoms with Crippen molar-refractivity contribution >= 4 is 0 Å². The van der Waals surface area contributed by atoms with Crippen LogP contribution in [0.25, 0.3) is 0 Å². The van der Waals surface area contributed by atoms with Crippen molar-refractivity contribution in [3.8, 4) is 0 Å². The molecule has 1 aromatic rings. The van der Waals surface area contributed by atoms with Gasteiger partial charge in [0.25, 0.3) is 0 Å². The number of hydrogen-bond acceptors (Lipinski definition) is 5. The molecule has 5 heteroatoms. The molecule has 2 aliphatic heterocycles. The third kappa shape index (κ3) is 2.90. The zero-order chi connectivity index (χ0) is 12.2. The van der Waals surface area contributed by atoms with Crippen molar-refractivity contribution in [2.75, 3.05) is 26.3 Å². The maximum absolute atomic E-state index is 5.40. The molecule has 0 unspecified atom stereocenters. The SMILES string of the molecule is C1CC(Cc2nc(C3CCOCC3)no2)CCN1. The van der Waals surface area contributed by atoms with Crippen molar-refractivity contribution in [1.82, 2.24) is 15.5 Å². The lowest BCUT2D eigenvalue weighted by Gasteiger charge is -2.20. The molecule has 3 rings (SSSR count). The molecule has 0 bridgehead atoms. The van der Waals surface area contributed by atoms with Gasteiger partial charge in [0, 0.05) is 25.6 Å². The molecule has 100 valence electrons. The van der Waals surface area contributed by atoms with Gasteiger partial charge in [0.15, 0.2) is 5.82 Å². The fraction of sp³-hybridized carbons (Fsp3) is 0.846. The first-order chi connectivity index (χ1) is 8.92.